The van der Waals surface area contributed by atoms with Gasteiger partial charge in [0, 0.05) is 23.8 Å². The van der Waals surface area contributed by atoms with Crippen LogP contribution in [0.15, 0.2) is 6.33 Å². The minimum atomic E-state index is -3.45. The number of ether oxygens (including phenoxy) is 2. The average molecular weight is 453 g/mol. The van der Waals surface area contributed by atoms with Crippen molar-refractivity contribution < 1.29 is 22.7 Å². The summed E-state index contributed by atoms with van der Waals surface area (Å²) in [7, 11) is -3.45. The molecule has 0 unspecified atom stereocenters. The first-order valence-corrected chi connectivity index (χ1v) is 12.7. The summed E-state index contributed by atoms with van der Waals surface area (Å²) in [6.07, 6.45) is 5.83. The van der Waals surface area contributed by atoms with Crippen molar-refractivity contribution in [1.82, 2.24) is 19.6 Å². The topological polar surface area (TPSA) is 111 Å². The van der Waals surface area contributed by atoms with Crippen LogP contribution >= 0.6 is 0 Å². The zero-order valence-electron chi connectivity index (χ0n) is 18.4. The summed E-state index contributed by atoms with van der Waals surface area (Å²) in [5.74, 6) is 0.586. The minimum Gasteiger partial charge on any atom is -0.467 e. The molecule has 1 aromatic heterocycles. The second-order valence-electron chi connectivity index (χ2n) is 9.03. The van der Waals surface area contributed by atoms with Gasteiger partial charge in [0.2, 0.25) is 15.9 Å². The molecule has 10 heteroatoms. The highest BCUT2D eigenvalue weighted by Crippen LogP contribution is 2.39. The van der Waals surface area contributed by atoms with Gasteiger partial charge in [-0.1, -0.05) is 0 Å². The molecule has 2 fully saturated rings. The van der Waals surface area contributed by atoms with Gasteiger partial charge >= 0.3 is 0 Å². The predicted octanol–water partition coefficient (Wildman–Crippen LogP) is 1.52. The quantitative estimate of drug-likeness (QED) is 0.740. The summed E-state index contributed by atoms with van der Waals surface area (Å²) in [6, 6.07) is -0.718. The third-order valence-electron chi connectivity index (χ3n) is 6.77. The van der Waals surface area contributed by atoms with E-state index in [1.807, 2.05) is 6.92 Å². The fourth-order valence-corrected chi connectivity index (χ4v) is 5.84. The van der Waals surface area contributed by atoms with Gasteiger partial charge in [-0.05, 0) is 58.8 Å². The van der Waals surface area contributed by atoms with Gasteiger partial charge < -0.3 is 14.4 Å². The Morgan fingerprint density at radius 2 is 1.90 bits per heavy atom. The molecular weight excluding hydrogens is 420 g/mol. The molecule has 2 bridgehead atoms. The number of aromatic nitrogens is 2. The first kappa shape index (κ1) is 22.4. The van der Waals surface area contributed by atoms with E-state index < -0.39 is 15.3 Å². The van der Waals surface area contributed by atoms with E-state index in [0.29, 0.717) is 25.5 Å². The smallest absolute Gasteiger partial charge is 0.260 e. The number of aryl methyl sites for hydroxylation is 1. The number of amides is 1. The van der Waals surface area contributed by atoms with E-state index in [2.05, 4.69) is 14.7 Å². The summed E-state index contributed by atoms with van der Waals surface area (Å²) in [4.78, 5) is 23.4. The third-order valence-corrected chi connectivity index (χ3v) is 8.64. The van der Waals surface area contributed by atoms with Crippen LogP contribution in [0.1, 0.15) is 63.1 Å². The second kappa shape index (κ2) is 8.99. The lowest BCUT2D eigenvalue weighted by Gasteiger charge is -2.32. The van der Waals surface area contributed by atoms with Gasteiger partial charge in [0.05, 0.1) is 24.0 Å². The Morgan fingerprint density at radius 3 is 2.61 bits per heavy atom. The fraction of sp³-hybridized carbons (Fsp3) is 0.762. The van der Waals surface area contributed by atoms with Crippen LogP contribution in [0.2, 0.25) is 0 Å². The maximum atomic E-state index is 13.0. The lowest BCUT2D eigenvalue weighted by atomic mass is 9.82. The van der Waals surface area contributed by atoms with E-state index in [-0.39, 0.29) is 36.6 Å². The monoisotopic (exact) mass is 452 g/mol. The minimum absolute atomic E-state index is 0.103. The number of nitrogens with one attached hydrogen (secondary N) is 1. The average Bonchev–Trinajstić information content (AvgIpc) is 3.12. The number of carbonyl (C=O) groups is 1. The van der Waals surface area contributed by atoms with Gasteiger partial charge in [-0.3, -0.25) is 4.79 Å². The largest absolute Gasteiger partial charge is 0.467 e. The van der Waals surface area contributed by atoms with Crippen molar-refractivity contribution in [1.29, 1.82) is 0 Å². The molecule has 1 saturated carbocycles. The number of hydrogen-bond donors (Lipinski definition) is 1. The zero-order valence-corrected chi connectivity index (χ0v) is 19.2. The number of rotatable bonds is 3. The highest BCUT2D eigenvalue weighted by atomic mass is 32.2. The van der Waals surface area contributed by atoms with Crippen LogP contribution in [-0.2, 0) is 19.6 Å². The Balaban J connectivity index is 1.60. The molecule has 9 nitrogen and oxygen atoms in total. The summed E-state index contributed by atoms with van der Waals surface area (Å²) >= 11 is 0. The van der Waals surface area contributed by atoms with E-state index in [9.17, 15) is 13.2 Å². The number of carbonyl (C=O) groups excluding carboxylic acids is 1. The molecule has 4 aliphatic rings. The van der Waals surface area contributed by atoms with Gasteiger partial charge in [-0.25, -0.2) is 23.1 Å². The third kappa shape index (κ3) is 4.70. The number of fused-ring (bicyclic) bond motifs is 5. The molecule has 2 atom stereocenters. The molecule has 172 valence electrons. The number of sulfonamides is 1. The molecule has 1 saturated heterocycles. The highest BCUT2D eigenvalue weighted by molar-refractivity contribution is 7.90. The van der Waals surface area contributed by atoms with Crippen molar-refractivity contribution in [3.05, 3.63) is 17.6 Å². The number of hydrogen-bond acceptors (Lipinski definition) is 7. The molecule has 0 aromatic carbocycles. The first-order valence-electron chi connectivity index (χ1n) is 11.1. The highest BCUT2D eigenvalue weighted by Gasteiger charge is 2.41. The van der Waals surface area contributed by atoms with Crippen LogP contribution in [0.5, 0.6) is 5.88 Å². The Morgan fingerprint density at radius 1 is 1.16 bits per heavy atom. The van der Waals surface area contributed by atoms with Crippen molar-refractivity contribution in [2.75, 3.05) is 19.8 Å². The van der Waals surface area contributed by atoms with E-state index in [1.54, 1.807) is 18.7 Å². The summed E-state index contributed by atoms with van der Waals surface area (Å²) < 4.78 is 39.9. The molecule has 1 aliphatic carbocycles. The van der Waals surface area contributed by atoms with Crippen molar-refractivity contribution in [2.45, 2.75) is 82.2 Å². The molecule has 5 rings (SSSR count). The first-order chi connectivity index (χ1) is 14.8. The molecule has 31 heavy (non-hydrogen) atoms. The van der Waals surface area contributed by atoms with Gasteiger partial charge in [-0.15, -0.1) is 0 Å². The molecule has 4 heterocycles. The molecule has 3 aliphatic heterocycles. The Kier molecular flexibility index (Phi) is 6.50. The van der Waals surface area contributed by atoms with Gasteiger partial charge in [0.25, 0.3) is 5.91 Å². The summed E-state index contributed by atoms with van der Waals surface area (Å²) in [5.41, 5.74) is 1.88. The van der Waals surface area contributed by atoms with Crippen molar-refractivity contribution in [3.8, 4) is 5.88 Å². The van der Waals surface area contributed by atoms with Crippen molar-refractivity contribution in [2.24, 2.45) is 0 Å². The lowest BCUT2D eigenvalue weighted by molar-refractivity contribution is -0.136. The lowest BCUT2D eigenvalue weighted by Crippen LogP contribution is -2.51. The van der Waals surface area contributed by atoms with Gasteiger partial charge in [0.1, 0.15) is 6.33 Å². The summed E-state index contributed by atoms with van der Waals surface area (Å²) in [5, 5.41) is -0.536. The van der Waals surface area contributed by atoms with E-state index in [4.69, 9.17) is 9.47 Å². The molecule has 0 radical (unpaired) electrons. The second-order valence-corrected chi connectivity index (χ2v) is 11.3. The molecule has 0 spiro atoms. The van der Waals surface area contributed by atoms with Crippen LogP contribution in [0, 0.1) is 6.92 Å². The molecular formula is C21H32N4O5S. The fourth-order valence-electron chi connectivity index (χ4n) is 4.87. The van der Waals surface area contributed by atoms with Gasteiger partial charge in [0.15, 0.2) is 6.61 Å². The Hall–Kier alpha value is -1.78. The van der Waals surface area contributed by atoms with Gasteiger partial charge in [-0.2, -0.15) is 0 Å². The SMILES string of the molecule is Cc1ncnc2c1[C@H]1CC[C@H](CC1)OC[C@H]1[C@@H](NS(=O)(=O)C(C)C)CCN1C(=O)CO2. The molecule has 1 aromatic rings. The zero-order chi connectivity index (χ0) is 22.2. The van der Waals surface area contributed by atoms with E-state index in [0.717, 1.165) is 36.9 Å². The maximum absolute atomic E-state index is 13.0. The van der Waals surface area contributed by atoms with Crippen molar-refractivity contribution in [3.63, 3.8) is 0 Å². The summed E-state index contributed by atoms with van der Waals surface area (Å²) in [6.45, 7) is 5.89. The van der Waals surface area contributed by atoms with Crippen LogP contribution < -0.4 is 9.46 Å². The number of nitrogens with zero attached hydrogens (tertiary/aromatic N) is 3. The normalized spacial score (nSPS) is 29.5. The van der Waals surface area contributed by atoms with Crippen LogP contribution in [0.25, 0.3) is 0 Å². The molecule has 1 N–H and O–H groups in total. The van der Waals surface area contributed by atoms with Crippen LogP contribution in [0.4, 0.5) is 0 Å². The van der Waals surface area contributed by atoms with E-state index >= 15 is 0 Å². The van der Waals surface area contributed by atoms with Crippen LogP contribution in [-0.4, -0.2) is 72.4 Å². The molecule has 1 amide bonds. The Labute approximate surface area is 184 Å². The Bertz CT molecular complexity index is 914. The van der Waals surface area contributed by atoms with Crippen LogP contribution in [0.3, 0.4) is 0 Å². The maximum Gasteiger partial charge on any atom is 0.260 e. The predicted molar refractivity (Wildman–Crippen MR) is 114 cm³/mol. The van der Waals surface area contributed by atoms with Crippen molar-refractivity contribution >= 4 is 15.9 Å². The van der Waals surface area contributed by atoms with E-state index in [1.165, 1.54) is 6.33 Å². The standard InChI is InChI=1S/C21H32N4O5S/c1-13(2)31(27,28)24-17-8-9-25-18(17)10-29-16-6-4-15(5-7-16)20-14(3)22-12-23-21(20)30-11-19(25)26/h12-13,15-18,24H,4-11H2,1-3H3/t15-,16+,17-,18-/m0/s1.